The number of phenols is 2. The van der Waals surface area contributed by atoms with Crippen LogP contribution in [0.4, 0.5) is 0 Å². The van der Waals surface area contributed by atoms with Gasteiger partial charge < -0.3 is 50.7 Å². The Kier molecular flexibility index (Phi) is 38.1. The van der Waals surface area contributed by atoms with Crippen molar-refractivity contribution in [2.45, 2.75) is 37.1 Å². The molecule has 4 aromatic carbocycles. The van der Waals surface area contributed by atoms with E-state index in [1.54, 1.807) is 55.6 Å². The van der Waals surface area contributed by atoms with Crippen LogP contribution in [-0.2, 0) is 37.1 Å². The van der Waals surface area contributed by atoms with Crippen molar-refractivity contribution in [3.63, 3.8) is 0 Å². The number of halogens is 7. The zero-order chi connectivity index (χ0) is 36.8. The van der Waals surface area contributed by atoms with Gasteiger partial charge in [-0.15, -0.1) is 17.0 Å². The number of aromatic hydroxyl groups is 2. The van der Waals surface area contributed by atoms with Crippen molar-refractivity contribution in [1.82, 2.24) is 0 Å². The van der Waals surface area contributed by atoms with Crippen LogP contribution in [0.5, 0.6) is 23.0 Å². The summed E-state index contributed by atoms with van der Waals surface area (Å²) in [6, 6.07) is 17.7. The van der Waals surface area contributed by atoms with Gasteiger partial charge in [-0.3, -0.25) is 0 Å². The fraction of sp³-hybridized carbons (Fsp3) is 0.273. The molecule has 0 amide bonds. The van der Waals surface area contributed by atoms with Gasteiger partial charge in [0.15, 0.2) is 0 Å². The second-order valence-corrected chi connectivity index (χ2v) is 13.7. The number of benzene rings is 4. The molecule has 0 bridgehead atoms. The van der Waals surface area contributed by atoms with E-state index in [0.717, 1.165) is 52.5 Å². The number of hydrogen-bond donors (Lipinski definition) is 7. The van der Waals surface area contributed by atoms with Gasteiger partial charge in [-0.1, -0.05) is 95.6 Å². The second-order valence-electron chi connectivity index (χ2n) is 8.96. The topological polar surface area (TPSA) is 190 Å². The predicted octanol–water partition coefficient (Wildman–Crippen LogP) is 6.00. The molecular weight excluding hydrogens is 1140 g/mol. The largest absolute Gasteiger partial charge is 1.00 e. The minimum absolute atomic E-state index is 0. The Balaban J connectivity index is -0.000000282. The molecule has 282 valence electrons. The molecule has 0 unspecified atom stereocenters. The number of ether oxygens (including phenoxy) is 2. The molecule has 10 nitrogen and oxygen atoms in total. The summed E-state index contributed by atoms with van der Waals surface area (Å²) in [5.74, 6) is 1.77. The first-order valence-corrected chi connectivity index (χ1v) is 19.0. The minimum Gasteiger partial charge on any atom is -0.870 e. The summed E-state index contributed by atoms with van der Waals surface area (Å²) >= 11 is 20.0. The third kappa shape index (κ3) is 21.2. The first-order chi connectivity index (χ1) is 22.9. The van der Waals surface area contributed by atoms with Gasteiger partial charge in [0.1, 0.15) is 23.0 Å². The first kappa shape index (κ1) is 57.9. The molecular formula is C33H40Br7NaO10. The van der Waals surface area contributed by atoms with E-state index in [1.165, 1.54) is 7.11 Å². The minimum atomic E-state index is -0.238. The zero-order valence-electron chi connectivity index (χ0n) is 28.1. The number of phenolic OH excluding ortho intramolecular Hbond substituents is 1. The molecule has 0 aliphatic carbocycles. The van der Waals surface area contributed by atoms with Crippen LogP contribution in [0.15, 0.2) is 78.6 Å². The molecule has 4 rings (SSSR count). The summed E-state index contributed by atoms with van der Waals surface area (Å²) in [7, 11) is 4.21. The molecule has 0 fully saturated rings. The van der Waals surface area contributed by atoms with Crippen molar-refractivity contribution in [1.29, 1.82) is 0 Å². The van der Waals surface area contributed by atoms with Crippen molar-refractivity contribution in [2.24, 2.45) is 0 Å². The van der Waals surface area contributed by atoms with Gasteiger partial charge in [0.25, 0.3) is 0 Å². The molecule has 0 atom stereocenters. The van der Waals surface area contributed by atoms with Gasteiger partial charge in [0.2, 0.25) is 0 Å². The first-order valence-electron chi connectivity index (χ1n) is 13.6. The summed E-state index contributed by atoms with van der Waals surface area (Å²) in [6.45, 7) is -0.679. The third-order valence-electron chi connectivity index (χ3n) is 5.85. The number of hydrogen-bond acceptors (Lipinski definition) is 10. The van der Waals surface area contributed by atoms with Crippen LogP contribution in [0, 0.1) is 0 Å². The monoisotopic (exact) mass is 1170 g/mol. The van der Waals surface area contributed by atoms with Gasteiger partial charge in [-0.05, 0) is 60.7 Å². The molecule has 8 N–H and O–H groups in total. The summed E-state index contributed by atoms with van der Waals surface area (Å²) in [5.41, 5.74) is 4.47. The Labute approximate surface area is 381 Å². The van der Waals surface area contributed by atoms with Crippen molar-refractivity contribution in [3.8, 4) is 23.0 Å². The zero-order valence-corrected chi connectivity index (χ0v) is 41.3. The van der Waals surface area contributed by atoms with Gasteiger partial charge in [-0.2, -0.15) is 0 Å². The van der Waals surface area contributed by atoms with Gasteiger partial charge in [0.05, 0.1) is 40.6 Å². The Morgan fingerprint density at radius 3 is 1.04 bits per heavy atom. The number of alkyl halides is 2. The van der Waals surface area contributed by atoms with E-state index in [2.05, 4.69) is 108 Å². The van der Waals surface area contributed by atoms with Crippen LogP contribution in [-0.4, -0.2) is 62.6 Å². The van der Waals surface area contributed by atoms with Crippen molar-refractivity contribution in [2.75, 3.05) is 21.3 Å². The number of rotatable bonds is 8. The van der Waals surface area contributed by atoms with Crippen LogP contribution >= 0.6 is 113 Å². The fourth-order valence-corrected chi connectivity index (χ4v) is 6.54. The summed E-state index contributed by atoms with van der Waals surface area (Å²) < 4.78 is 14.0. The predicted molar refractivity (Wildman–Crippen MR) is 222 cm³/mol. The maximum Gasteiger partial charge on any atom is 1.00 e. The van der Waals surface area contributed by atoms with Crippen molar-refractivity contribution < 1.29 is 80.3 Å². The number of aliphatic hydroxyl groups excluding tert-OH is 5. The molecule has 18 heteroatoms. The van der Waals surface area contributed by atoms with E-state index < -0.39 is 0 Å². The molecule has 0 aliphatic heterocycles. The van der Waals surface area contributed by atoms with E-state index in [9.17, 15) is 5.11 Å². The maximum absolute atomic E-state index is 9.37. The van der Waals surface area contributed by atoms with E-state index >= 15 is 0 Å². The molecule has 0 radical (unpaired) electrons. The smallest absolute Gasteiger partial charge is 0.870 e. The Morgan fingerprint density at radius 1 is 0.510 bits per heavy atom. The second kappa shape index (κ2) is 33.5. The number of aliphatic hydroxyl groups is 5. The Hall–Kier alpha value is 0.200. The summed E-state index contributed by atoms with van der Waals surface area (Å²) in [5, 5.41) is 62.3. The quantitative estimate of drug-likeness (QED) is 0.0815. The SMILES string of the molecule is Br.CO.COc1c(CBr)cc(Br)cc1CBr.COc1c(CO)cc(Br)cc1CO.OCc1cc(Br)cc(CO)c1O.Oc1ccc(Br)cc1.[Na+].[OH-]. The van der Waals surface area contributed by atoms with E-state index in [1.807, 2.05) is 0 Å². The molecule has 0 aromatic heterocycles. The molecule has 0 aliphatic rings. The van der Waals surface area contributed by atoms with Gasteiger partial charge in [-0.25, -0.2) is 0 Å². The standard InChI is InChI=1S/C9H9Br3O.C9H11BrO3.C8H9BrO3.C6H5BrO.CH4O.BrH.Na.H2O/c1-13-9-6(4-10)2-8(12)3-7(9)5-11;1-13-9-6(4-11)2-8(10)3-7(9)5-12;9-7-1-5(3-10)8(12)6(2-7)4-11;7-5-1-3-6(8)4-2-5;1-2;;;/h2-3H,4-5H2,1H3;2-3,11-12H,4-5H2,1H3;1-2,10-12H,3-4H2;1-4,8H;2H,1H3;1H;;1H2/q;;;;;;+1;/p-1. The third-order valence-corrected chi connectivity index (χ3v) is 8.96. The Bertz CT molecular complexity index is 1360. The molecule has 51 heavy (non-hydrogen) atoms. The van der Waals surface area contributed by atoms with Crippen molar-refractivity contribution in [3.05, 3.63) is 112 Å². The van der Waals surface area contributed by atoms with Crippen LogP contribution in [0.25, 0.3) is 0 Å². The van der Waals surface area contributed by atoms with Gasteiger partial charge in [0, 0.05) is 69.0 Å². The summed E-state index contributed by atoms with van der Waals surface area (Å²) in [4.78, 5) is 0. The summed E-state index contributed by atoms with van der Waals surface area (Å²) in [6.07, 6.45) is 0. The van der Waals surface area contributed by atoms with E-state index in [-0.39, 0.29) is 84.2 Å². The molecule has 0 saturated carbocycles. The van der Waals surface area contributed by atoms with Crippen LogP contribution in [0.1, 0.15) is 33.4 Å². The van der Waals surface area contributed by atoms with E-state index in [0.29, 0.717) is 33.8 Å². The molecule has 4 aromatic rings. The number of methoxy groups -OCH3 is 2. The average molecular weight is 1180 g/mol. The Morgan fingerprint density at radius 2 is 0.784 bits per heavy atom. The normalized spacial score (nSPS) is 9.14. The molecule has 0 heterocycles. The van der Waals surface area contributed by atoms with Crippen LogP contribution in [0.2, 0.25) is 0 Å². The van der Waals surface area contributed by atoms with Crippen LogP contribution in [0.3, 0.4) is 0 Å². The fourth-order valence-electron chi connectivity index (χ4n) is 3.78. The van der Waals surface area contributed by atoms with Gasteiger partial charge >= 0.3 is 29.6 Å². The molecule has 0 saturated heterocycles. The van der Waals surface area contributed by atoms with Crippen LogP contribution < -0.4 is 39.0 Å². The average Bonchev–Trinajstić information content (AvgIpc) is 3.10. The molecule has 0 spiro atoms. The van der Waals surface area contributed by atoms with Crippen molar-refractivity contribution >= 4 is 113 Å². The maximum atomic E-state index is 9.37. The van der Waals surface area contributed by atoms with E-state index in [4.69, 9.17) is 40.1 Å².